The predicted molar refractivity (Wildman–Crippen MR) is 54.3 cm³/mol. The van der Waals surface area contributed by atoms with Crippen LogP contribution in [0.25, 0.3) is 0 Å². The van der Waals surface area contributed by atoms with Gasteiger partial charge in [-0.1, -0.05) is 26.0 Å². The van der Waals surface area contributed by atoms with Gasteiger partial charge in [0.15, 0.2) is 0 Å². The highest BCUT2D eigenvalue weighted by atomic mass is 16.5. The number of hydrogen-bond acceptors (Lipinski definition) is 1. The third-order valence-corrected chi connectivity index (χ3v) is 1.51. The minimum atomic E-state index is 0.364. The molecule has 0 aliphatic rings. The maximum atomic E-state index is 5.40. The Bertz CT molecular complexity index is 114. The lowest BCUT2D eigenvalue weighted by Crippen LogP contribution is -2.02. The van der Waals surface area contributed by atoms with Crippen molar-refractivity contribution in [3.8, 4) is 0 Å². The van der Waals surface area contributed by atoms with Crippen LogP contribution in [0.2, 0.25) is 0 Å². The third kappa shape index (κ3) is 9.70. The molecule has 0 unspecified atom stereocenters. The molecule has 0 heterocycles. The summed E-state index contributed by atoms with van der Waals surface area (Å²) in [4.78, 5) is 0. The van der Waals surface area contributed by atoms with Crippen LogP contribution >= 0.6 is 0 Å². The van der Waals surface area contributed by atoms with Gasteiger partial charge in [-0.3, -0.25) is 0 Å². The van der Waals surface area contributed by atoms with E-state index >= 15 is 0 Å². The Hall–Kier alpha value is -0.300. The smallest absolute Gasteiger partial charge is 0.0519 e. The molecule has 0 aromatic carbocycles. The van der Waals surface area contributed by atoms with Crippen LogP contribution in [-0.2, 0) is 4.74 Å². The Morgan fingerprint density at radius 2 is 1.75 bits per heavy atom. The SMILES string of the molecule is CC(C)CC=CCCOC(C)C. The molecule has 0 fully saturated rings. The standard InChI is InChI=1S/C11H22O/c1-10(2)8-6-5-7-9-12-11(3)4/h5-6,10-11H,7-9H2,1-4H3. The van der Waals surface area contributed by atoms with E-state index in [-0.39, 0.29) is 0 Å². The zero-order valence-electron chi connectivity index (χ0n) is 8.84. The molecule has 1 nitrogen and oxygen atoms in total. The Morgan fingerprint density at radius 3 is 2.25 bits per heavy atom. The van der Waals surface area contributed by atoms with E-state index < -0.39 is 0 Å². The maximum Gasteiger partial charge on any atom is 0.0519 e. The van der Waals surface area contributed by atoms with Crippen LogP contribution in [0.5, 0.6) is 0 Å². The Kier molecular flexibility index (Phi) is 7.17. The lowest BCUT2D eigenvalue weighted by molar-refractivity contribution is 0.0825. The molecule has 0 N–H and O–H groups in total. The van der Waals surface area contributed by atoms with Crippen molar-refractivity contribution in [2.45, 2.75) is 46.6 Å². The third-order valence-electron chi connectivity index (χ3n) is 1.51. The molecule has 0 bridgehead atoms. The largest absolute Gasteiger partial charge is 0.378 e. The highest BCUT2D eigenvalue weighted by Crippen LogP contribution is 2.00. The summed E-state index contributed by atoms with van der Waals surface area (Å²) in [5, 5.41) is 0. The second kappa shape index (κ2) is 7.35. The Labute approximate surface area is 76.8 Å². The van der Waals surface area contributed by atoms with Gasteiger partial charge in [-0.2, -0.15) is 0 Å². The molecule has 72 valence electrons. The van der Waals surface area contributed by atoms with Crippen molar-refractivity contribution in [3.63, 3.8) is 0 Å². The minimum absolute atomic E-state index is 0.364. The second-order valence-electron chi connectivity index (χ2n) is 3.81. The van der Waals surface area contributed by atoms with E-state index in [2.05, 4.69) is 39.8 Å². The lowest BCUT2D eigenvalue weighted by Gasteiger charge is -2.04. The highest BCUT2D eigenvalue weighted by Gasteiger charge is 1.90. The molecule has 0 amide bonds. The van der Waals surface area contributed by atoms with Gasteiger partial charge < -0.3 is 4.74 Å². The van der Waals surface area contributed by atoms with Crippen molar-refractivity contribution in [1.29, 1.82) is 0 Å². The van der Waals surface area contributed by atoms with Gasteiger partial charge in [0.25, 0.3) is 0 Å². The van der Waals surface area contributed by atoms with E-state index in [1.54, 1.807) is 0 Å². The number of ether oxygens (including phenoxy) is 1. The summed E-state index contributed by atoms with van der Waals surface area (Å²) in [6.45, 7) is 9.45. The molecule has 0 spiro atoms. The van der Waals surface area contributed by atoms with Crippen molar-refractivity contribution in [2.75, 3.05) is 6.61 Å². The molecule has 0 aliphatic carbocycles. The fourth-order valence-electron chi connectivity index (χ4n) is 0.858. The van der Waals surface area contributed by atoms with Crippen molar-refractivity contribution >= 4 is 0 Å². The minimum Gasteiger partial charge on any atom is -0.378 e. The molecule has 0 aromatic heterocycles. The van der Waals surface area contributed by atoms with Crippen LogP contribution < -0.4 is 0 Å². The van der Waals surface area contributed by atoms with Crippen molar-refractivity contribution in [2.24, 2.45) is 5.92 Å². The topological polar surface area (TPSA) is 9.23 Å². The number of hydrogen-bond donors (Lipinski definition) is 0. The van der Waals surface area contributed by atoms with Crippen molar-refractivity contribution in [1.82, 2.24) is 0 Å². The van der Waals surface area contributed by atoms with Gasteiger partial charge >= 0.3 is 0 Å². The van der Waals surface area contributed by atoms with Crippen LogP contribution in [0, 0.1) is 5.92 Å². The first-order chi connectivity index (χ1) is 5.63. The average Bonchev–Trinajstić information content (AvgIpc) is 1.95. The molecule has 12 heavy (non-hydrogen) atoms. The normalized spacial score (nSPS) is 12.2. The average molecular weight is 170 g/mol. The quantitative estimate of drug-likeness (QED) is 0.438. The Morgan fingerprint density at radius 1 is 1.08 bits per heavy atom. The lowest BCUT2D eigenvalue weighted by atomic mass is 10.1. The van der Waals surface area contributed by atoms with Crippen LogP contribution in [0.1, 0.15) is 40.5 Å². The van der Waals surface area contributed by atoms with Gasteiger partial charge in [0, 0.05) is 0 Å². The van der Waals surface area contributed by atoms with Gasteiger partial charge in [0.05, 0.1) is 12.7 Å². The van der Waals surface area contributed by atoms with E-state index in [4.69, 9.17) is 4.74 Å². The summed E-state index contributed by atoms with van der Waals surface area (Å²) in [6, 6.07) is 0. The second-order valence-corrected chi connectivity index (χ2v) is 3.81. The molecule has 0 saturated heterocycles. The molecular formula is C11H22O. The number of allylic oxidation sites excluding steroid dienone is 1. The van der Waals surface area contributed by atoms with Crippen LogP contribution in [0.3, 0.4) is 0 Å². The molecule has 1 heteroatoms. The molecule has 0 rings (SSSR count). The zero-order chi connectivity index (χ0) is 9.40. The summed E-state index contributed by atoms with van der Waals surface area (Å²) >= 11 is 0. The van der Waals surface area contributed by atoms with Gasteiger partial charge in [0.1, 0.15) is 0 Å². The predicted octanol–water partition coefficient (Wildman–Crippen LogP) is 3.40. The highest BCUT2D eigenvalue weighted by molar-refractivity contribution is 4.82. The maximum absolute atomic E-state index is 5.40. The summed E-state index contributed by atoms with van der Waals surface area (Å²) in [5.41, 5.74) is 0. The molecule has 0 aliphatic heterocycles. The first kappa shape index (κ1) is 11.7. The van der Waals surface area contributed by atoms with E-state index in [1.807, 2.05) is 0 Å². The fourth-order valence-corrected chi connectivity index (χ4v) is 0.858. The Balaban J connectivity index is 3.13. The van der Waals surface area contributed by atoms with E-state index in [9.17, 15) is 0 Å². The van der Waals surface area contributed by atoms with E-state index in [0.29, 0.717) is 6.10 Å². The first-order valence-electron chi connectivity index (χ1n) is 4.89. The molecule has 0 atom stereocenters. The van der Waals surface area contributed by atoms with Gasteiger partial charge in [0.2, 0.25) is 0 Å². The monoisotopic (exact) mass is 170 g/mol. The van der Waals surface area contributed by atoms with Crippen LogP contribution in [0.4, 0.5) is 0 Å². The summed E-state index contributed by atoms with van der Waals surface area (Å²) in [6.07, 6.45) is 7.05. The van der Waals surface area contributed by atoms with Crippen molar-refractivity contribution in [3.05, 3.63) is 12.2 Å². The van der Waals surface area contributed by atoms with Gasteiger partial charge in [-0.15, -0.1) is 0 Å². The molecule has 0 radical (unpaired) electrons. The summed E-state index contributed by atoms with van der Waals surface area (Å²) in [5.74, 6) is 0.771. The zero-order valence-corrected chi connectivity index (χ0v) is 8.84. The van der Waals surface area contributed by atoms with E-state index in [1.165, 1.54) is 6.42 Å². The first-order valence-corrected chi connectivity index (χ1v) is 4.89. The molecule has 0 saturated carbocycles. The summed E-state index contributed by atoms with van der Waals surface area (Å²) in [7, 11) is 0. The fraction of sp³-hybridized carbons (Fsp3) is 0.818. The summed E-state index contributed by atoms with van der Waals surface area (Å²) < 4.78 is 5.40. The van der Waals surface area contributed by atoms with Crippen LogP contribution in [0.15, 0.2) is 12.2 Å². The van der Waals surface area contributed by atoms with E-state index in [0.717, 1.165) is 18.9 Å². The molecule has 0 aromatic rings. The van der Waals surface area contributed by atoms with Gasteiger partial charge in [-0.25, -0.2) is 0 Å². The van der Waals surface area contributed by atoms with Gasteiger partial charge in [-0.05, 0) is 32.6 Å². The molecular weight excluding hydrogens is 148 g/mol. The number of rotatable bonds is 6. The van der Waals surface area contributed by atoms with Crippen LogP contribution in [-0.4, -0.2) is 12.7 Å². The van der Waals surface area contributed by atoms with Crippen molar-refractivity contribution < 1.29 is 4.74 Å².